The van der Waals surface area contributed by atoms with Gasteiger partial charge in [0, 0.05) is 38.3 Å². The maximum atomic E-state index is 12.4. The number of amides is 2. The van der Waals surface area contributed by atoms with E-state index in [1.807, 2.05) is 0 Å². The molecule has 0 aliphatic carbocycles. The smallest absolute Gasteiger partial charge is 0.409 e. The predicted octanol–water partition coefficient (Wildman–Crippen LogP) is 1.82. The average Bonchev–Trinajstić information content (AvgIpc) is 2.64. The number of hydrogen-bond acceptors (Lipinski definition) is 7. The van der Waals surface area contributed by atoms with Crippen molar-refractivity contribution in [1.82, 2.24) is 9.80 Å². The molecule has 29 heavy (non-hydrogen) atoms. The molecule has 1 aromatic rings. The van der Waals surface area contributed by atoms with Crippen molar-refractivity contribution >= 4 is 17.8 Å². The number of aromatic hydroxyl groups is 1. The van der Waals surface area contributed by atoms with Crippen LogP contribution >= 0.6 is 0 Å². The van der Waals surface area contributed by atoms with E-state index in [-0.39, 0.29) is 53.6 Å². The zero-order valence-electron chi connectivity index (χ0n) is 16.9. The highest BCUT2D eigenvalue weighted by atomic mass is 16.6. The highest BCUT2D eigenvalue weighted by molar-refractivity contribution is 6.03. The molecule has 0 radical (unpaired) electrons. The Morgan fingerprint density at radius 2 is 1.83 bits per heavy atom. The third-order valence-electron chi connectivity index (χ3n) is 4.83. The van der Waals surface area contributed by atoms with E-state index in [9.17, 15) is 19.5 Å². The number of benzene rings is 1. The molecular formula is C20H26N2O7. The molecule has 0 spiro atoms. The standard InChI is InChI=1S/C20H26N2O7/c1-4-27-19(26)22-7-5-21(6-8-22)17(25)12-28-13-9-14(23)18-15(24)11-20(2,3)29-16(18)10-13/h9-10,23H,4-8,11-12H2,1-3H3. The van der Waals surface area contributed by atoms with Crippen molar-refractivity contribution in [3.8, 4) is 17.2 Å². The minimum atomic E-state index is -0.677. The van der Waals surface area contributed by atoms with E-state index in [4.69, 9.17) is 14.2 Å². The highest BCUT2D eigenvalue weighted by Gasteiger charge is 2.35. The first-order valence-electron chi connectivity index (χ1n) is 9.61. The first kappa shape index (κ1) is 20.8. The van der Waals surface area contributed by atoms with Gasteiger partial charge in [0.25, 0.3) is 5.91 Å². The normalized spacial score (nSPS) is 18.0. The highest BCUT2D eigenvalue weighted by Crippen LogP contribution is 2.40. The zero-order valence-corrected chi connectivity index (χ0v) is 16.9. The first-order chi connectivity index (χ1) is 13.7. The maximum Gasteiger partial charge on any atom is 0.409 e. The Balaban J connectivity index is 1.58. The van der Waals surface area contributed by atoms with Crippen LogP contribution in [0.25, 0.3) is 0 Å². The van der Waals surface area contributed by atoms with Crippen LogP contribution in [-0.2, 0) is 9.53 Å². The second-order valence-electron chi connectivity index (χ2n) is 7.63. The number of ketones is 1. The van der Waals surface area contributed by atoms with Gasteiger partial charge in [0.15, 0.2) is 12.4 Å². The van der Waals surface area contributed by atoms with E-state index >= 15 is 0 Å². The van der Waals surface area contributed by atoms with E-state index in [1.54, 1.807) is 30.6 Å². The van der Waals surface area contributed by atoms with Crippen LogP contribution in [0.1, 0.15) is 37.6 Å². The molecule has 1 fully saturated rings. The fraction of sp³-hybridized carbons (Fsp3) is 0.550. The van der Waals surface area contributed by atoms with Crippen LogP contribution in [-0.4, -0.2) is 77.7 Å². The van der Waals surface area contributed by atoms with Crippen molar-refractivity contribution in [2.75, 3.05) is 39.4 Å². The van der Waals surface area contributed by atoms with Crippen molar-refractivity contribution in [3.05, 3.63) is 17.7 Å². The van der Waals surface area contributed by atoms with Crippen molar-refractivity contribution in [1.29, 1.82) is 0 Å². The maximum absolute atomic E-state index is 12.4. The lowest BCUT2D eigenvalue weighted by Crippen LogP contribution is -2.51. The summed E-state index contributed by atoms with van der Waals surface area (Å²) in [6.07, 6.45) is -0.206. The number of carbonyl (C=O) groups is 3. The lowest BCUT2D eigenvalue weighted by atomic mass is 9.92. The van der Waals surface area contributed by atoms with Crippen molar-refractivity contribution in [2.24, 2.45) is 0 Å². The quantitative estimate of drug-likeness (QED) is 0.813. The Morgan fingerprint density at radius 1 is 1.17 bits per heavy atom. The molecule has 158 valence electrons. The Labute approximate surface area is 169 Å². The van der Waals surface area contributed by atoms with E-state index < -0.39 is 5.60 Å². The van der Waals surface area contributed by atoms with Crippen molar-refractivity contribution < 1.29 is 33.7 Å². The molecular weight excluding hydrogens is 380 g/mol. The van der Waals surface area contributed by atoms with Gasteiger partial charge in [0.05, 0.1) is 13.0 Å². The summed E-state index contributed by atoms with van der Waals surface area (Å²) >= 11 is 0. The molecule has 9 heteroatoms. The number of Topliss-reactive ketones (excluding diaryl/α,β-unsaturated/α-hetero) is 1. The molecule has 9 nitrogen and oxygen atoms in total. The van der Waals surface area contributed by atoms with Crippen LogP contribution in [0.3, 0.4) is 0 Å². The van der Waals surface area contributed by atoms with Crippen LogP contribution in [0.4, 0.5) is 4.79 Å². The number of rotatable bonds is 4. The molecule has 0 aromatic heterocycles. The summed E-state index contributed by atoms with van der Waals surface area (Å²) in [6.45, 7) is 6.99. The van der Waals surface area contributed by atoms with Gasteiger partial charge in [0.2, 0.25) is 0 Å². The molecule has 1 saturated heterocycles. The molecule has 1 N–H and O–H groups in total. The topological polar surface area (TPSA) is 106 Å². The number of hydrogen-bond donors (Lipinski definition) is 1. The SMILES string of the molecule is CCOC(=O)N1CCN(C(=O)COc2cc(O)c3c(c2)OC(C)(C)CC3=O)CC1. The number of carbonyl (C=O) groups excluding carboxylic acids is 3. The van der Waals surface area contributed by atoms with Gasteiger partial charge in [-0.05, 0) is 20.8 Å². The Hall–Kier alpha value is -2.97. The van der Waals surface area contributed by atoms with Crippen molar-refractivity contribution in [3.63, 3.8) is 0 Å². The number of phenols is 1. The van der Waals surface area contributed by atoms with Crippen LogP contribution in [0, 0.1) is 0 Å². The Kier molecular flexibility index (Phi) is 5.86. The van der Waals surface area contributed by atoms with E-state index in [0.717, 1.165) is 0 Å². The molecule has 2 aliphatic rings. The molecule has 3 rings (SSSR count). The summed E-state index contributed by atoms with van der Waals surface area (Å²) in [6, 6.07) is 2.82. The largest absolute Gasteiger partial charge is 0.507 e. The number of phenolic OH excluding ortho intramolecular Hbond substituents is 1. The second-order valence-corrected chi connectivity index (χ2v) is 7.63. The van der Waals surface area contributed by atoms with Crippen LogP contribution in [0.15, 0.2) is 12.1 Å². The van der Waals surface area contributed by atoms with Crippen molar-refractivity contribution in [2.45, 2.75) is 32.8 Å². The zero-order chi connectivity index (χ0) is 21.2. The summed E-state index contributed by atoms with van der Waals surface area (Å²) in [7, 11) is 0. The summed E-state index contributed by atoms with van der Waals surface area (Å²) in [5.74, 6) is -0.172. The van der Waals surface area contributed by atoms with Gasteiger partial charge in [0.1, 0.15) is 28.4 Å². The van der Waals surface area contributed by atoms with Crippen LogP contribution in [0.2, 0.25) is 0 Å². The first-order valence-corrected chi connectivity index (χ1v) is 9.61. The minimum Gasteiger partial charge on any atom is -0.507 e. The third kappa shape index (κ3) is 4.72. The number of nitrogens with zero attached hydrogens (tertiary/aromatic N) is 2. The lowest BCUT2D eigenvalue weighted by molar-refractivity contribution is -0.135. The van der Waals surface area contributed by atoms with Gasteiger partial charge < -0.3 is 29.1 Å². The van der Waals surface area contributed by atoms with E-state index in [1.165, 1.54) is 12.1 Å². The lowest BCUT2D eigenvalue weighted by Gasteiger charge is -2.34. The fourth-order valence-electron chi connectivity index (χ4n) is 3.42. The monoisotopic (exact) mass is 406 g/mol. The second kappa shape index (κ2) is 8.18. The van der Waals surface area contributed by atoms with E-state index in [2.05, 4.69) is 0 Å². The minimum absolute atomic E-state index is 0.137. The summed E-state index contributed by atoms with van der Waals surface area (Å²) < 4.78 is 16.3. The molecule has 2 amide bonds. The Morgan fingerprint density at radius 3 is 2.48 bits per heavy atom. The molecule has 2 heterocycles. The van der Waals surface area contributed by atoms with Crippen LogP contribution < -0.4 is 9.47 Å². The molecule has 0 atom stereocenters. The number of piperazine rings is 1. The van der Waals surface area contributed by atoms with Gasteiger partial charge in [-0.2, -0.15) is 0 Å². The molecule has 0 saturated carbocycles. The molecule has 2 aliphatic heterocycles. The van der Waals surface area contributed by atoms with Gasteiger partial charge in [-0.25, -0.2) is 4.79 Å². The molecule has 0 bridgehead atoms. The third-order valence-corrected chi connectivity index (χ3v) is 4.83. The number of ether oxygens (including phenoxy) is 3. The Bertz CT molecular complexity index is 813. The summed E-state index contributed by atoms with van der Waals surface area (Å²) in [4.78, 5) is 39.6. The van der Waals surface area contributed by atoms with Crippen LogP contribution in [0.5, 0.6) is 17.2 Å². The summed E-state index contributed by atoms with van der Waals surface area (Å²) in [5, 5.41) is 10.2. The van der Waals surface area contributed by atoms with Gasteiger partial charge >= 0.3 is 6.09 Å². The van der Waals surface area contributed by atoms with Gasteiger partial charge in [-0.1, -0.05) is 0 Å². The van der Waals surface area contributed by atoms with E-state index in [0.29, 0.717) is 32.8 Å². The molecule has 1 aromatic carbocycles. The molecule has 0 unspecified atom stereocenters. The van der Waals surface area contributed by atoms with Gasteiger partial charge in [-0.15, -0.1) is 0 Å². The predicted molar refractivity (Wildman–Crippen MR) is 102 cm³/mol. The fourth-order valence-corrected chi connectivity index (χ4v) is 3.42. The summed E-state index contributed by atoms with van der Waals surface area (Å²) in [5.41, 5.74) is -0.540. The van der Waals surface area contributed by atoms with Gasteiger partial charge in [-0.3, -0.25) is 9.59 Å². The number of fused-ring (bicyclic) bond motifs is 1. The average molecular weight is 406 g/mol.